The van der Waals surface area contributed by atoms with Gasteiger partial charge in [0.25, 0.3) is 6.17 Å². The van der Waals surface area contributed by atoms with Gasteiger partial charge in [-0.05, 0) is 12.8 Å². The second-order valence-electron chi connectivity index (χ2n) is 3.72. The second kappa shape index (κ2) is 8.23. The van der Waals surface area contributed by atoms with Crippen LogP contribution in [0.2, 0.25) is 0 Å². The van der Waals surface area contributed by atoms with Crippen molar-refractivity contribution in [2.24, 2.45) is 16.5 Å². The molecule has 0 saturated heterocycles. The molecule has 0 saturated carbocycles. The molecule has 0 bridgehead atoms. The molecule has 0 radical (unpaired) electrons. The van der Waals surface area contributed by atoms with Gasteiger partial charge in [0, 0.05) is 17.9 Å². The van der Waals surface area contributed by atoms with Gasteiger partial charge in [-0.3, -0.25) is 19.9 Å². The van der Waals surface area contributed by atoms with Crippen LogP contribution in [-0.2, 0) is 4.79 Å². The van der Waals surface area contributed by atoms with E-state index in [1.807, 2.05) is 0 Å². The Hall–Kier alpha value is -1.90. The summed E-state index contributed by atoms with van der Waals surface area (Å²) in [7, 11) is 0. The third kappa shape index (κ3) is 6.63. The Balaban J connectivity index is 4.27. The Morgan fingerprint density at radius 3 is 2.56 bits per heavy atom. The Morgan fingerprint density at radius 2 is 2.17 bits per heavy atom. The molecular formula is C9H19N5O4. The molecule has 1 unspecified atom stereocenters. The fraction of sp³-hybridized carbons (Fsp3) is 0.778. The number of aliphatic imine (C=N–C) groups is 1. The highest BCUT2D eigenvalue weighted by atomic mass is 16.6. The molecule has 6 N–H and O–H groups in total. The van der Waals surface area contributed by atoms with E-state index >= 15 is 0 Å². The summed E-state index contributed by atoms with van der Waals surface area (Å²) >= 11 is 0. The van der Waals surface area contributed by atoms with E-state index in [1.54, 1.807) is 6.92 Å². The minimum atomic E-state index is -1.12. The predicted molar refractivity (Wildman–Crippen MR) is 65.5 cm³/mol. The zero-order valence-corrected chi connectivity index (χ0v) is 10.2. The fourth-order valence-corrected chi connectivity index (χ4v) is 1.34. The predicted octanol–water partition coefficient (Wildman–Crippen LogP) is -0.904. The van der Waals surface area contributed by atoms with Gasteiger partial charge < -0.3 is 16.6 Å². The number of nitrogens with one attached hydrogen (secondary N) is 1. The zero-order valence-electron chi connectivity index (χ0n) is 10.2. The van der Waals surface area contributed by atoms with Crippen LogP contribution in [-0.4, -0.2) is 40.7 Å². The molecule has 0 heterocycles. The van der Waals surface area contributed by atoms with Crippen LogP contribution in [0.25, 0.3) is 0 Å². The van der Waals surface area contributed by atoms with Crippen molar-refractivity contribution in [2.45, 2.75) is 38.4 Å². The van der Waals surface area contributed by atoms with E-state index in [0.717, 1.165) is 0 Å². The van der Waals surface area contributed by atoms with Crippen molar-refractivity contribution < 1.29 is 14.8 Å². The SMILES string of the molecule is CCC(N[C@@H](CCCN=C(N)N)C(=O)O)[N+](=O)[O-]. The van der Waals surface area contributed by atoms with Crippen LogP contribution < -0.4 is 16.8 Å². The average Bonchev–Trinajstić information content (AvgIpc) is 2.26. The number of nitro groups is 1. The third-order valence-electron chi connectivity index (χ3n) is 2.28. The molecule has 0 aromatic carbocycles. The molecule has 0 aromatic heterocycles. The number of nitrogens with two attached hydrogens (primary N) is 2. The summed E-state index contributed by atoms with van der Waals surface area (Å²) in [4.78, 5) is 24.7. The van der Waals surface area contributed by atoms with Crippen molar-refractivity contribution in [2.75, 3.05) is 6.54 Å². The number of carboxylic acids is 1. The first kappa shape index (κ1) is 16.1. The number of carbonyl (C=O) groups is 1. The number of rotatable bonds is 9. The second-order valence-corrected chi connectivity index (χ2v) is 3.72. The molecule has 9 nitrogen and oxygen atoms in total. The van der Waals surface area contributed by atoms with Gasteiger partial charge in [0.05, 0.1) is 0 Å². The standard InChI is InChI=1S/C9H19N5O4/c1-2-7(14(17)18)13-6(8(15)16)4-3-5-12-9(10)11/h6-7,13H,2-5H2,1H3,(H,15,16)(H4,10,11,12)/t6-,7?/m0/s1. The van der Waals surface area contributed by atoms with E-state index in [0.29, 0.717) is 13.0 Å². The number of guanidine groups is 1. The highest BCUT2D eigenvalue weighted by molar-refractivity contribution is 5.75. The van der Waals surface area contributed by atoms with Gasteiger partial charge in [0.1, 0.15) is 6.04 Å². The Kier molecular flexibility index (Phi) is 7.36. The summed E-state index contributed by atoms with van der Waals surface area (Å²) < 4.78 is 0. The number of aliphatic carboxylic acids is 1. The van der Waals surface area contributed by atoms with Crippen molar-refractivity contribution >= 4 is 11.9 Å². The van der Waals surface area contributed by atoms with Crippen molar-refractivity contribution in [3.63, 3.8) is 0 Å². The Bertz CT molecular complexity index is 316. The molecular weight excluding hydrogens is 242 g/mol. The summed E-state index contributed by atoms with van der Waals surface area (Å²) in [6.45, 7) is 1.90. The molecule has 18 heavy (non-hydrogen) atoms. The van der Waals surface area contributed by atoms with Gasteiger partial charge in [-0.1, -0.05) is 6.92 Å². The first-order chi connectivity index (χ1) is 8.38. The first-order valence-electron chi connectivity index (χ1n) is 5.56. The lowest BCUT2D eigenvalue weighted by molar-refractivity contribution is -0.530. The highest BCUT2D eigenvalue weighted by Crippen LogP contribution is 2.02. The largest absolute Gasteiger partial charge is 0.480 e. The minimum absolute atomic E-state index is 0.0634. The van der Waals surface area contributed by atoms with Gasteiger partial charge in [-0.25, -0.2) is 5.32 Å². The van der Waals surface area contributed by atoms with Crippen molar-refractivity contribution in [3.8, 4) is 0 Å². The topological polar surface area (TPSA) is 157 Å². The van der Waals surface area contributed by atoms with Crippen LogP contribution in [0.4, 0.5) is 0 Å². The van der Waals surface area contributed by atoms with Gasteiger partial charge in [0.15, 0.2) is 5.96 Å². The maximum atomic E-state index is 10.9. The van der Waals surface area contributed by atoms with Crippen LogP contribution in [0.3, 0.4) is 0 Å². The summed E-state index contributed by atoms with van der Waals surface area (Å²) in [6.07, 6.45) is -0.203. The number of hydrogen-bond acceptors (Lipinski definition) is 5. The van der Waals surface area contributed by atoms with Crippen LogP contribution in [0.5, 0.6) is 0 Å². The van der Waals surface area contributed by atoms with E-state index in [4.69, 9.17) is 16.6 Å². The maximum absolute atomic E-state index is 10.9. The summed E-state index contributed by atoms with van der Waals surface area (Å²) in [5.41, 5.74) is 10.2. The molecule has 0 spiro atoms. The number of hydrogen-bond donors (Lipinski definition) is 4. The first-order valence-corrected chi connectivity index (χ1v) is 5.56. The molecule has 104 valence electrons. The van der Waals surface area contributed by atoms with E-state index in [1.165, 1.54) is 0 Å². The summed E-state index contributed by atoms with van der Waals surface area (Å²) in [5, 5.41) is 22.0. The Morgan fingerprint density at radius 1 is 1.56 bits per heavy atom. The van der Waals surface area contributed by atoms with E-state index in [9.17, 15) is 14.9 Å². The fourth-order valence-electron chi connectivity index (χ4n) is 1.34. The monoisotopic (exact) mass is 261 g/mol. The maximum Gasteiger partial charge on any atom is 0.320 e. The molecule has 0 aliphatic rings. The zero-order chi connectivity index (χ0) is 14.1. The lowest BCUT2D eigenvalue weighted by Crippen LogP contribution is -2.46. The van der Waals surface area contributed by atoms with Gasteiger partial charge >= 0.3 is 5.97 Å². The molecule has 2 atom stereocenters. The third-order valence-corrected chi connectivity index (χ3v) is 2.28. The quantitative estimate of drug-likeness (QED) is 0.104. The van der Waals surface area contributed by atoms with Crippen LogP contribution in [0, 0.1) is 10.1 Å². The van der Waals surface area contributed by atoms with Gasteiger partial charge in [-0.15, -0.1) is 0 Å². The van der Waals surface area contributed by atoms with E-state index in [-0.39, 0.29) is 18.8 Å². The van der Waals surface area contributed by atoms with Crippen LogP contribution >= 0.6 is 0 Å². The molecule has 0 aliphatic heterocycles. The number of nitrogens with zero attached hydrogens (tertiary/aromatic N) is 2. The molecule has 0 fully saturated rings. The van der Waals surface area contributed by atoms with Gasteiger partial charge in [-0.2, -0.15) is 0 Å². The normalized spacial score (nSPS) is 13.6. The molecule has 0 aromatic rings. The summed E-state index contributed by atoms with van der Waals surface area (Å²) in [5.74, 6) is -1.19. The van der Waals surface area contributed by atoms with Crippen LogP contribution in [0.15, 0.2) is 4.99 Å². The minimum Gasteiger partial charge on any atom is -0.480 e. The average molecular weight is 261 g/mol. The molecule has 9 heteroatoms. The van der Waals surface area contributed by atoms with E-state index in [2.05, 4.69) is 10.3 Å². The lowest BCUT2D eigenvalue weighted by Gasteiger charge is -2.16. The summed E-state index contributed by atoms with van der Waals surface area (Å²) in [6, 6.07) is -0.977. The van der Waals surface area contributed by atoms with Crippen molar-refractivity contribution in [1.29, 1.82) is 0 Å². The van der Waals surface area contributed by atoms with E-state index < -0.39 is 23.1 Å². The lowest BCUT2D eigenvalue weighted by atomic mass is 10.1. The van der Waals surface area contributed by atoms with Crippen LogP contribution in [0.1, 0.15) is 26.2 Å². The van der Waals surface area contributed by atoms with Gasteiger partial charge in [0.2, 0.25) is 0 Å². The molecule has 0 amide bonds. The Labute approximate surface area is 104 Å². The van der Waals surface area contributed by atoms with Crippen molar-refractivity contribution in [1.82, 2.24) is 5.32 Å². The van der Waals surface area contributed by atoms with Crippen molar-refractivity contribution in [3.05, 3.63) is 10.1 Å². The smallest absolute Gasteiger partial charge is 0.320 e. The number of carboxylic acid groups (broad SMARTS) is 1. The molecule has 0 aliphatic carbocycles. The molecule has 0 rings (SSSR count). The highest BCUT2D eigenvalue weighted by Gasteiger charge is 2.26.